The van der Waals surface area contributed by atoms with Crippen LogP contribution in [0.2, 0.25) is 0 Å². The second-order valence-electron chi connectivity index (χ2n) is 5.56. The van der Waals surface area contributed by atoms with E-state index < -0.39 is 0 Å². The fourth-order valence-corrected chi connectivity index (χ4v) is 3.21. The summed E-state index contributed by atoms with van der Waals surface area (Å²) in [5.41, 5.74) is 8.55. The molecular weight excluding hydrogens is 240 g/mol. The molecule has 0 N–H and O–H groups in total. The maximum atomic E-state index is 2.27. The zero-order valence-electron chi connectivity index (χ0n) is 12.4. The molecule has 3 rings (SSSR count). The van der Waals surface area contributed by atoms with Crippen LogP contribution in [0.5, 0.6) is 0 Å². The van der Waals surface area contributed by atoms with Gasteiger partial charge in [-0.05, 0) is 48.6 Å². The third-order valence-corrected chi connectivity index (χ3v) is 4.50. The van der Waals surface area contributed by atoms with Crippen LogP contribution in [0.1, 0.15) is 37.8 Å². The summed E-state index contributed by atoms with van der Waals surface area (Å²) in [4.78, 5) is 0. The molecule has 1 aliphatic rings. The lowest BCUT2D eigenvalue weighted by Crippen LogP contribution is -2.01. The van der Waals surface area contributed by atoms with Gasteiger partial charge in [0.2, 0.25) is 0 Å². The van der Waals surface area contributed by atoms with Crippen molar-refractivity contribution in [3.8, 4) is 0 Å². The number of hydrogen-bond acceptors (Lipinski definition) is 0. The van der Waals surface area contributed by atoms with E-state index in [-0.39, 0.29) is 0 Å². The molecule has 0 bridgehead atoms. The quantitative estimate of drug-likeness (QED) is 0.660. The van der Waals surface area contributed by atoms with E-state index in [9.17, 15) is 0 Å². The molecule has 0 aromatic heterocycles. The zero-order valence-corrected chi connectivity index (χ0v) is 12.4. The van der Waals surface area contributed by atoms with E-state index in [4.69, 9.17) is 0 Å². The lowest BCUT2D eigenvalue weighted by molar-refractivity contribution is 1.02. The van der Waals surface area contributed by atoms with Gasteiger partial charge in [0.15, 0.2) is 0 Å². The molecule has 1 atom stereocenters. The van der Waals surface area contributed by atoms with Crippen LogP contribution in [-0.4, -0.2) is 0 Å². The van der Waals surface area contributed by atoms with Crippen LogP contribution in [0.25, 0.3) is 5.57 Å². The minimum absolute atomic E-state index is 0.401. The Bertz CT molecular complexity index is 672. The van der Waals surface area contributed by atoms with Gasteiger partial charge in [0.1, 0.15) is 0 Å². The second-order valence-corrected chi connectivity index (χ2v) is 5.56. The average Bonchev–Trinajstić information content (AvgIpc) is 2.73. The molecule has 0 spiro atoms. The highest BCUT2D eigenvalue weighted by Crippen LogP contribution is 2.48. The smallest absolute Gasteiger partial charge is 0.0310 e. The first-order valence-corrected chi connectivity index (χ1v) is 7.19. The second kappa shape index (κ2) is 5.13. The normalized spacial score (nSPS) is 18.9. The molecule has 0 heteroatoms. The lowest BCUT2D eigenvalue weighted by Gasteiger charge is -2.19. The van der Waals surface area contributed by atoms with Crippen LogP contribution in [0.3, 0.4) is 0 Å². The molecule has 0 aliphatic heterocycles. The molecule has 100 valence electrons. The van der Waals surface area contributed by atoms with Crippen LogP contribution in [-0.2, 0) is 0 Å². The van der Waals surface area contributed by atoms with E-state index in [1.807, 2.05) is 0 Å². The van der Waals surface area contributed by atoms with Crippen LogP contribution in [0, 0.1) is 0 Å². The molecule has 2 aromatic carbocycles. The predicted octanol–water partition coefficient (Wildman–Crippen LogP) is 5.59. The standard InChI is InChI=1S/C20H20/c1-14-15(2)19(17-10-6-4-7-11-17)20(16(14)3)18-12-8-5-9-13-18/h4-13,19H,1-3H3. The van der Waals surface area contributed by atoms with E-state index in [0.29, 0.717) is 5.92 Å². The Morgan fingerprint density at radius 1 is 0.650 bits per heavy atom. The molecule has 0 amide bonds. The van der Waals surface area contributed by atoms with Crippen molar-refractivity contribution in [3.05, 3.63) is 88.5 Å². The highest BCUT2D eigenvalue weighted by Gasteiger charge is 2.29. The van der Waals surface area contributed by atoms with Gasteiger partial charge in [-0.25, -0.2) is 0 Å². The first kappa shape index (κ1) is 12.9. The van der Waals surface area contributed by atoms with Gasteiger partial charge in [-0.15, -0.1) is 0 Å². The fourth-order valence-electron chi connectivity index (χ4n) is 3.21. The van der Waals surface area contributed by atoms with E-state index in [2.05, 4.69) is 81.4 Å². The van der Waals surface area contributed by atoms with Gasteiger partial charge in [-0.1, -0.05) is 66.2 Å². The van der Waals surface area contributed by atoms with Crippen LogP contribution in [0.4, 0.5) is 0 Å². The molecule has 0 nitrogen and oxygen atoms in total. The SMILES string of the molecule is CC1=C(C)C(c2ccccc2)C(c2ccccc2)=C1C. The van der Waals surface area contributed by atoms with E-state index in [1.54, 1.807) is 0 Å². The summed E-state index contributed by atoms with van der Waals surface area (Å²) in [7, 11) is 0. The van der Waals surface area contributed by atoms with Crippen molar-refractivity contribution in [1.29, 1.82) is 0 Å². The zero-order chi connectivity index (χ0) is 14.1. The van der Waals surface area contributed by atoms with Crippen molar-refractivity contribution < 1.29 is 0 Å². The molecule has 0 saturated carbocycles. The van der Waals surface area contributed by atoms with Crippen LogP contribution in [0.15, 0.2) is 77.4 Å². The van der Waals surface area contributed by atoms with Gasteiger partial charge < -0.3 is 0 Å². The van der Waals surface area contributed by atoms with E-state index in [1.165, 1.54) is 33.4 Å². The van der Waals surface area contributed by atoms with Crippen molar-refractivity contribution in [2.24, 2.45) is 0 Å². The van der Waals surface area contributed by atoms with Gasteiger partial charge in [-0.2, -0.15) is 0 Å². The third-order valence-electron chi connectivity index (χ3n) is 4.50. The summed E-state index contributed by atoms with van der Waals surface area (Å²) >= 11 is 0. The lowest BCUT2D eigenvalue weighted by atomic mass is 9.84. The minimum Gasteiger partial charge on any atom is -0.0622 e. The monoisotopic (exact) mass is 260 g/mol. The highest BCUT2D eigenvalue weighted by atomic mass is 14.3. The van der Waals surface area contributed by atoms with Gasteiger partial charge in [0.05, 0.1) is 0 Å². The third kappa shape index (κ3) is 2.02. The van der Waals surface area contributed by atoms with Crippen molar-refractivity contribution in [2.45, 2.75) is 26.7 Å². The Labute approximate surface area is 121 Å². The van der Waals surface area contributed by atoms with E-state index >= 15 is 0 Å². The van der Waals surface area contributed by atoms with Gasteiger partial charge >= 0.3 is 0 Å². The average molecular weight is 260 g/mol. The van der Waals surface area contributed by atoms with Crippen LogP contribution >= 0.6 is 0 Å². The molecular formula is C20H20. The molecule has 1 aliphatic carbocycles. The topological polar surface area (TPSA) is 0 Å². The molecule has 2 aromatic rings. The maximum Gasteiger partial charge on any atom is 0.0310 e. The molecule has 20 heavy (non-hydrogen) atoms. The summed E-state index contributed by atoms with van der Waals surface area (Å²) in [5, 5.41) is 0. The summed E-state index contributed by atoms with van der Waals surface area (Å²) in [6.45, 7) is 6.77. The highest BCUT2D eigenvalue weighted by molar-refractivity contribution is 5.83. The molecule has 0 radical (unpaired) electrons. The largest absolute Gasteiger partial charge is 0.0622 e. The van der Waals surface area contributed by atoms with Gasteiger partial charge in [0, 0.05) is 5.92 Å². The van der Waals surface area contributed by atoms with Crippen molar-refractivity contribution in [2.75, 3.05) is 0 Å². The predicted molar refractivity (Wildman–Crippen MR) is 86.6 cm³/mol. The fraction of sp³-hybridized carbons (Fsp3) is 0.200. The molecule has 0 heterocycles. The Morgan fingerprint density at radius 2 is 1.20 bits per heavy atom. The Kier molecular flexibility index (Phi) is 3.31. The summed E-state index contributed by atoms with van der Waals surface area (Å²) in [6.07, 6.45) is 0. The van der Waals surface area contributed by atoms with Crippen molar-refractivity contribution in [3.63, 3.8) is 0 Å². The maximum absolute atomic E-state index is 2.27. The Balaban J connectivity index is 2.17. The molecule has 0 saturated heterocycles. The number of hydrogen-bond donors (Lipinski definition) is 0. The number of benzene rings is 2. The number of allylic oxidation sites excluding steroid dienone is 4. The summed E-state index contributed by atoms with van der Waals surface area (Å²) < 4.78 is 0. The molecule has 1 unspecified atom stereocenters. The van der Waals surface area contributed by atoms with Crippen molar-refractivity contribution in [1.82, 2.24) is 0 Å². The van der Waals surface area contributed by atoms with Gasteiger partial charge in [0.25, 0.3) is 0 Å². The first-order valence-electron chi connectivity index (χ1n) is 7.19. The van der Waals surface area contributed by atoms with Crippen LogP contribution < -0.4 is 0 Å². The Morgan fingerprint density at radius 3 is 1.80 bits per heavy atom. The minimum atomic E-state index is 0.401. The first-order chi connectivity index (χ1) is 9.70. The van der Waals surface area contributed by atoms with Crippen molar-refractivity contribution >= 4 is 5.57 Å². The Hall–Kier alpha value is -2.08. The number of rotatable bonds is 2. The summed E-state index contributed by atoms with van der Waals surface area (Å²) in [6, 6.07) is 21.6. The summed E-state index contributed by atoms with van der Waals surface area (Å²) in [5.74, 6) is 0.401. The molecule has 0 fully saturated rings. The van der Waals surface area contributed by atoms with E-state index in [0.717, 1.165) is 0 Å². The van der Waals surface area contributed by atoms with Gasteiger partial charge in [-0.3, -0.25) is 0 Å².